The summed E-state index contributed by atoms with van der Waals surface area (Å²) in [7, 11) is 1.78. The van der Waals surface area contributed by atoms with Crippen LogP contribution in [0.3, 0.4) is 0 Å². The molecular formula is C18H28N2O2. The molecule has 1 fully saturated rings. The van der Waals surface area contributed by atoms with Crippen molar-refractivity contribution in [3.63, 3.8) is 0 Å². The summed E-state index contributed by atoms with van der Waals surface area (Å²) in [6.45, 7) is 7.07. The van der Waals surface area contributed by atoms with E-state index in [1.165, 1.54) is 18.4 Å². The Hall–Kier alpha value is -1.55. The van der Waals surface area contributed by atoms with Crippen molar-refractivity contribution in [3.8, 4) is 0 Å². The number of nitrogens with zero attached hydrogens (tertiary/aromatic N) is 1. The molecule has 22 heavy (non-hydrogen) atoms. The molecule has 1 atom stereocenters. The number of hydrogen-bond donors (Lipinski definition) is 1. The van der Waals surface area contributed by atoms with Crippen molar-refractivity contribution in [1.29, 1.82) is 0 Å². The highest BCUT2D eigenvalue weighted by Crippen LogP contribution is 2.40. The fourth-order valence-electron chi connectivity index (χ4n) is 2.47. The zero-order valence-electron chi connectivity index (χ0n) is 14.1. The number of benzene rings is 1. The molecule has 0 aromatic heterocycles. The van der Waals surface area contributed by atoms with Crippen LogP contribution in [0.4, 0.5) is 4.79 Å². The highest BCUT2D eigenvalue weighted by Gasteiger charge is 2.31. The second-order valence-electron chi connectivity index (χ2n) is 7.08. The zero-order chi connectivity index (χ0) is 16.2. The Morgan fingerprint density at radius 2 is 1.95 bits per heavy atom. The summed E-state index contributed by atoms with van der Waals surface area (Å²) in [4.78, 5) is 13.6. The van der Waals surface area contributed by atoms with Gasteiger partial charge in [-0.25, -0.2) is 4.79 Å². The molecule has 1 aromatic carbocycles. The van der Waals surface area contributed by atoms with Crippen LogP contribution < -0.4 is 5.32 Å². The Kier molecular flexibility index (Phi) is 5.46. The van der Waals surface area contributed by atoms with Gasteiger partial charge in [-0.2, -0.15) is 0 Å². The van der Waals surface area contributed by atoms with Crippen LogP contribution in [-0.2, 0) is 4.74 Å². The fraction of sp³-hybridized carbons (Fsp3) is 0.611. The summed E-state index contributed by atoms with van der Waals surface area (Å²) < 4.78 is 5.36. The number of hydrogen-bond acceptors (Lipinski definition) is 3. The van der Waals surface area contributed by atoms with E-state index in [2.05, 4.69) is 29.6 Å². The first kappa shape index (κ1) is 16.8. The van der Waals surface area contributed by atoms with Crippen LogP contribution in [0.15, 0.2) is 30.3 Å². The van der Waals surface area contributed by atoms with E-state index < -0.39 is 5.60 Å². The molecule has 1 aromatic rings. The molecule has 122 valence electrons. The van der Waals surface area contributed by atoms with E-state index in [4.69, 9.17) is 4.74 Å². The van der Waals surface area contributed by atoms with Crippen molar-refractivity contribution in [3.05, 3.63) is 35.9 Å². The maximum absolute atomic E-state index is 11.9. The van der Waals surface area contributed by atoms with Gasteiger partial charge < -0.3 is 15.0 Å². The minimum Gasteiger partial charge on any atom is -0.444 e. The second kappa shape index (κ2) is 7.14. The summed E-state index contributed by atoms with van der Waals surface area (Å²) in [5.41, 5.74) is 0.893. The molecule has 4 heteroatoms. The van der Waals surface area contributed by atoms with E-state index in [0.29, 0.717) is 12.6 Å². The first-order valence-electron chi connectivity index (χ1n) is 8.09. The molecule has 1 unspecified atom stereocenters. The van der Waals surface area contributed by atoms with Crippen LogP contribution in [0, 0.1) is 5.92 Å². The van der Waals surface area contributed by atoms with Gasteiger partial charge in [-0.3, -0.25) is 0 Å². The number of ether oxygens (including phenoxy) is 1. The van der Waals surface area contributed by atoms with Crippen molar-refractivity contribution >= 4 is 6.09 Å². The average Bonchev–Trinajstić information content (AvgIpc) is 3.27. The molecule has 4 nitrogen and oxygen atoms in total. The van der Waals surface area contributed by atoms with E-state index in [0.717, 1.165) is 12.5 Å². The van der Waals surface area contributed by atoms with E-state index in [9.17, 15) is 4.79 Å². The Balaban J connectivity index is 1.80. The van der Waals surface area contributed by atoms with Gasteiger partial charge in [0.05, 0.1) is 0 Å². The number of carbonyl (C=O) groups excluding carboxylic acids is 1. The number of amides is 1. The lowest BCUT2D eigenvalue weighted by Crippen LogP contribution is -2.39. The molecule has 0 aliphatic heterocycles. The standard InChI is InChI=1S/C18H28N2O2/c1-18(2,3)22-17(21)20(4)13-12-19-16(15-10-11-15)14-8-6-5-7-9-14/h5-9,15-16,19H,10-13H2,1-4H3. The molecule has 1 saturated carbocycles. The Labute approximate surface area is 133 Å². The molecule has 1 aliphatic carbocycles. The van der Waals surface area contributed by atoms with Crippen LogP contribution in [0.5, 0.6) is 0 Å². The fourth-order valence-corrected chi connectivity index (χ4v) is 2.47. The average molecular weight is 304 g/mol. The van der Waals surface area contributed by atoms with Crippen molar-refractivity contribution in [2.24, 2.45) is 5.92 Å². The van der Waals surface area contributed by atoms with Gasteiger partial charge in [-0.05, 0) is 45.1 Å². The topological polar surface area (TPSA) is 41.6 Å². The van der Waals surface area contributed by atoms with Crippen molar-refractivity contribution < 1.29 is 9.53 Å². The molecule has 0 heterocycles. The lowest BCUT2D eigenvalue weighted by molar-refractivity contribution is 0.0299. The number of carbonyl (C=O) groups is 1. The van der Waals surface area contributed by atoms with Gasteiger partial charge in [0, 0.05) is 26.2 Å². The normalized spacial score (nSPS) is 16.2. The van der Waals surface area contributed by atoms with E-state index in [1.54, 1.807) is 11.9 Å². The maximum Gasteiger partial charge on any atom is 0.410 e. The molecule has 1 aliphatic rings. The molecule has 0 radical (unpaired) electrons. The minimum atomic E-state index is -0.445. The number of nitrogens with one attached hydrogen (secondary N) is 1. The van der Waals surface area contributed by atoms with Gasteiger partial charge in [0.1, 0.15) is 5.60 Å². The van der Waals surface area contributed by atoms with Crippen LogP contribution in [0.1, 0.15) is 45.2 Å². The van der Waals surface area contributed by atoms with Gasteiger partial charge >= 0.3 is 6.09 Å². The summed E-state index contributed by atoms with van der Waals surface area (Å²) in [6, 6.07) is 11.0. The van der Waals surface area contributed by atoms with Gasteiger partial charge in [-0.1, -0.05) is 30.3 Å². The Bertz CT molecular complexity index is 478. The van der Waals surface area contributed by atoms with Gasteiger partial charge in [0.2, 0.25) is 0 Å². The van der Waals surface area contributed by atoms with Crippen LogP contribution in [0.2, 0.25) is 0 Å². The molecule has 1 N–H and O–H groups in total. The SMILES string of the molecule is CN(CCNC(c1ccccc1)C1CC1)C(=O)OC(C)(C)C. The van der Waals surface area contributed by atoms with E-state index in [1.807, 2.05) is 26.8 Å². The summed E-state index contributed by atoms with van der Waals surface area (Å²) in [6.07, 6.45) is 2.31. The third-order valence-electron chi connectivity index (χ3n) is 3.77. The lowest BCUT2D eigenvalue weighted by Gasteiger charge is -2.26. The molecule has 2 rings (SSSR count). The largest absolute Gasteiger partial charge is 0.444 e. The van der Waals surface area contributed by atoms with Gasteiger partial charge in [-0.15, -0.1) is 0 Å². The summed E-state index contributed by atoms with van der Waals surface area (Å²) in [5.74, 6) is 0.731. The minimum absolute atomic E-state index is 0.267. The predicted octanol–water partition coefficient (Wildman–Crippen LogP) is 3.59. The Morgan fingerprint density at radius 3 is 2.50 bits per heavy atom. The first-order chi connectivity index (χ1) is 10.4. The highest BCUT2D eigenvalue weighted by atomic mass is 16.6. The van der Waals surface area contributed by atoms with Gasteiger partial charge in [0.25, 0.3) is 0 Å². The summed E-state index contributed by atoms with van der Waals surface area (Å²) in [5, 5.41) is 3.60. The first-order valence-corrected chi connectivity index (χ1v) is 8.09. The van der Waals surface area contributed by atoms with E-state index >= 15 is 0 Å². The smallest absolute Gasteiger partial charge is 0.410 e. The third kappa shape index (κ3) is 5.34. The highest BCUT2D eigenvalue weighted by molar-refractivity contribution is 5.67. The van der Waals surface area contributed by atoms with Crippen LogP contribution in [0.25, 0.3) is 0 Å². The Morgan fingerprint density at radius 1 is 1.32 bits per heavy atom. The molecule has 1 amide bonds. The predicted molar refractivity (Wildman–Crippen MR) is 88.8 cm³/mol. The molecular weight excluding hydrogens is 276 g/mol. The second-order valence-corrected chi connectivity index (χ2v) is 7.08. The quantitative estimate of drug-likeness (QED) is 0.873. The van der Waals surface area contributed by atoms with Crippen molar-refractivity contribution in [2.45, 2.75) is 45.3 Å². The maximum atomic E-state index is 11.9. The van der Waals surface area contributed by atoms with Gasteiger partial charge in [0.15, 0.2) is 0 Å². The lowest BCUT2D eigenvalue weighted by atomic mass is 10.0. The van der Waals surface area contributed by atoms with Crippen molar-refractivity contribution in [2.75, 3.05) is 20.1 Å². The van der Waals surface area contributed by atoms with Crippen LogP contribution in [-0.4, -0.2) is 36.7 Å². The molecule has 0 bridgehead atoms. The number of rotatable bonds is 6. The monoisotopic (exact) mass is 304 g/mol. The van der Waals surface area contributed by atoms with Crippen LogP contribution >= 0.6 is 0 Å². The molecule has 0 saturated heterocycles. The third-order valence-corrected chi connectivity index (χ3v) is 3.77. The number of likely N-dealkylation sites (N-methyl/N-ethyl adjacent to an activating group) is 1. The summed E-state index contributed by atoms with van der Waals surface area (Å²) >= 11 is 0. The van der Waals surface area contributed by atoms with Crippen molar-refractivity contribution in [1.82, 2.24) is 10.2 Å². The molecule has 0 spiro atoms. The zero-order valence-corrected chi connectivity index (χ0v) is 14.1. The van der Waals surface area contributed by atoms with E-state index in [-0.39, 0.29) is 6.09 Å².